The number of carboxylic acid groups (broad SMARTS) is 1. The van der Waals surface area contributed by atoms with Crippen LogP contribution in [-0.4, -0.2) is 135 Å². The first-order valence-electron chi connectivity index (χ1n) is 20.3. The lowest BCUT2D eigenvalue weighted by Crippen LogP contribution is -2.33. The number of aliphatic carboxylic acids is 1. The maximum atomic E-state index is 13.3. The van der Waals surface area contributed by atoms with Crippen LogP contribution in [0.2, 0.25) is 0 Å². The number of benzene rings is 6. The maximum Gasteiger partial charge on any atom is 0.355 e. The van der Waals surface area contributed by atoms with E-state index < -0.39 is 176 Å². The lowest BCUT2D eigenvalue weighted by atomic mass is 10.1. The van der Waals surface area contributed by atoms with Gasteiger partial charge in [-0.3, -0.25) is 27.6 Å². The third-order valence-corrected chi connectivity index (χ3v) is 14.5. The molecule has 0 fully saturated rings. The third-order valence-electron chi connectivity index (χ3n) is 10.2. The molecule has 400 valence electrons. The number of anilines is 1. The van der Waals surface area contributed by atoms with Crippen LogP contribution in [0, 0.1) is 0 Å². The molecule has 9 N–H and O–H groups in total. The number of hydrazone groups is 1. The molecule has 1 unspecified atom stereocenters. The van der Waals surface area contributed by atoms with Gasteiger partial charge in [0.2, 0.25) is 6.04 Å². The Hall–Kier alpha value is -7.88. The van der Waals surface area contributed by atoms with Gasteiger partial charge in [0.25, 0.3) is 56.5 Å². The zero-order valence-corrected chi connectivity index (χ0v) is 41.4. The van der Waals surface area contributed by atoms with Crippen LogP contribution >= 0.6 is 0 Å². The van der Waals surface area contributed by atoms with Gasteiger partial charge in [-0.2, -0.15) is 62.4 Å². The Kier molecular flexibility index (Phi) is 15.5. The van der Waals surface area contributed by atoms with Crippen molar-refractivity contribution in [2.75, 3.05) is 31.4 Å². The molecule has 1 heterocycles. The van der Waals surface area contributed by atoms with E-state index in [9.17, 15) is 94.9 Å². The van der Waals surface area contributed by atoms with Gasteiger partial charge in [0.1, 0.15) is 62.1 Å². The topological polar surface area (TPSA) is 495 Å². The molecule has 1 atom stereocenters. The van der Waals surface area contributed by atoms with Gasteiger partial charge in [0.15, 0.2) is 11.5 Å². The molecule has 36 heteroatoms. The van der Waals surface area contributed by atoms with Crippen molar-refractivity contribution in [2.24, 2.45) is 35.8 Å². The van der Waals surface area contributed by atoms with Crippen molar-refractivity contribution < 1.29 is 104 Å². The molecule has 7 rings (SSSR count). The van der Waals surface area contributed by atoms with Crippen LogP contribution in [0.5, 0.6) is 17.2 Å². The van der Waals surface area contributed by atoms with Crippen molar-refractivity contribution in [1.82, 2.24) is 0 Å². The second kappa shape index (κ2) is 21.0. The van der Waals surface area contributed by atoms with Crippen molar-refractivity contribution in [3.8, 4) is 17.2 Å². The molecular weight excluding hydrogens is 1120 g/mol. The minimum atomic E-state index is -5.33. The largest absolute Gasteiger partial charge is 0.505 e. The average Bonchev–Trinajstić information content (AvgIpc) is 3.67. The van der Waals surface area contributed by atoms with Gasteiger partial charge in [-0.25, -0.2) is 4.79 Å². The highest BCUT2D eigenvalue weighted by molar-refractivity contribution is 7.87. The van der Waals surface area contributed by atoms with E-state index in [2.05, 4.69) is 35.8 Å². The molecule has 0 radical (unpaired) electrons. The van der Waals surface area contributed by atoms with Crippen LogP contribution < -0.4 is 14.5 Å². The number of azo groups is 3. The summed E-state index contributed by atoms with van der Waals surface area (Å²) in [5, 5.41) is 66.3. The Bertz CT molecular complexity index is 4140. The van der Waals surface area contributed by atoms with Gasteiger partial charge in [-0.05, 0) is 83.6 Å². The first kappa shape index (κ1) is 55.9. The van der Waals surface area contributed by atoms with Crippen LogP contribution in [0.25, 0.3) is 21.5 Å². The molecule has 6 aromatic carbocycles. The van der Waals surface area contributed by atoms with E-state index >= 15 is 0 Å². The highest BCUT2D eigenvalue weighted by Crippen LogP contribution is 2.46. The Morgan fingerprint density at radius 1 is 0.566 bits per heavy atom. The lowest BCUT2D eigenvalue weighted by Gasteiger charge is -2.13. The van der Waals surface area contributed by atoms with Crippen molar-refractivity contribution in [1.29, 1.82) is 0 Å². The minimum Gasteiger partial charge on any atom is -0.505 e. The summed E-state index contributed by atoms with van der Waals surface area (Å²) >= 11 is 0. The summed E-state index contributed by atoms with van der Waals surface area (Å²) < 4.78 is 182. The number of ether oxygens (including phenoxy) is 2. The maximum absolute atomic E-state index is 13.3. The fourth-order valence-corrected chi connectivity index (χ4v) is 10.0. The Balaban J connectivity index is 1.28. The first-order chi connectivity index (χ1) is 35.4. The monoisotopic (exact) mass is 1150 g/mol. The second-order valence-corrected chi connectivity index (χ2v) is 22.2. The smallest absolute Gasteiger partial charge is 0.355 e. The number of carboxylic acids is 1. The highest BCUT2D eigenvalue weighted by Gasteiger charge is 2.41. The fraction of sp³-hybridized carbons (Fsp3) is 0.125. The third kappa shape index (κ3) is 12.1. The predicted molar refractivity (Wildman–Crippen MR) is 256 cm³/mol. The molecule has 1 aliphatic heterocycles. The molecule has 0 saturated heterocycles. The zero-order valence-electron chi connectivity index (χ0n) is 37.3. The van der Waals surface area contributed by atoms with Crippen molar-refractivity contribution in [3.05, 3.63) is 84.9 Å². The van der Waals surface area contributed by atoms with Gasteiger partial charge >= 0.3 is 5.97 Å². The molecule has 1 aliphatic rings. The number of aliphatic hydroxyl groups excluding tert-OH is 2. The summed E-state index contributed by atoms with van der Waals surface area (Å²) in [6.45, 7) is -2.31. The summed E-state index contributed by atoms with van der Waals surface area (Å²) in [6.07, 6.45) is 0. The number of rotatable bonds is 19. The molecule has 0 bridgehead atoms. The predicted octanol–water partition coefficient (Wildman–Crippen LogP) is 4.44. The summed E-state index contributed by atoms with van der Waals surface area (Å²) in [5.74, 6) is -4.50. The van der Waals surface area contributed by atoms with E-state index in [1.54, 1.807) is 0 Å². The number of phenols is 1. The average molecular weight is 1150 g/mol. The van der Waals surface area contributed by atoms with E-state index in [1.807, 2.05) is 0 Å². The summed E-state index contributed by atoms with van der Waals surface area (Å²) in [7, 11) is -25.8. The standard InChI is InChI=1S/C40H32N8O23S5/c49-7-9-70-30-18-28(31(71-10-8-50)17-27(30)42-44-29-16-26-20(13-33(29)75(64,65)66)12-24(73(58,59)60)15-32(26)74(61,62)63)43-45-35-34(76(67,68)69)14-19-11-21(1-6-25(19)38(35)51)41-46-36-37(40(53)54)47-48(39(36)52)22-2-4-23(5-3-22)72(55,56)57/h1-6,11-18,36,49-51H,7-10H2,(H,53,54)(H,55,56,57)(H,58,59,60)(H,61,62,63)(H,64,65,66)(H,67,68,69). The molecule has 31 nitrogen and oxygen atoms in total. The van der Waals surface area contributed by atoms with E-state index in [4.69, 9.17) is 9.47 Å². The van der Waals surface area contributed by atoms with Crippen molar-refractivity contribution in [3.63, 3.8) is 0 Å². The number of phenolic OH excluding ortho intramolecular Hbond substituents is 1. The van der Waals surface area contributed by atoms with E-state index in [1.165, 1.54) is 6.07 Å². The van der Waals surface area contributed by atoms with Gasteiger partial charge in [-0.15, -0.1) is 20.5 Å². The van der Waals surface area contributed by atoms with Gasteiger partial charge in [0, 0.05) is 22.9 Å². The SMILES string of the molecule is O=C(O)C1=NN(c2ccc(S(=O)(=O)O)cc2)C(=O)C1N=Nc1ccc2c(O)c(N=Nc3cc(OCCO)c(N=Nc4cc5c(S(=O)(=O)O)cc(S(=O)(=O)O)cc5cc4S(=O)(=O)O)cc3OCCO)c(S(=O)(=O)O)cc2c1. The van der Waals surface area contributed by atoms with Crippen LogP contribution in [0.4, 0.5) is 34.1 Å². The number of aliphatic hydroxyl groups is 2. The second-order valence-electron chi connectivity index (χ2n) is 15.2. The van der Waals surface area contributed by atoms with Crippen LogP contribution in [0.3, 0.4) is 0 Å². The van der Waals surface area contributed by atoms with Gasteiger partial charge < -0.3 is 29.9 Å². The normalized spacial score (nSPS) is 14.9. The molecule has 0 aromatic heterocycles. The number of amides is 1. The van der Waals surface area contributed by atoms with Gasteiger partial charge in [-0.1, -0.05) is 0 Å². The molecule has 0 saturated carbocycles. The van der Waals surface area contributed by atoms with Crippen LogP contribution in [0.15, 0.2) is 145 Å². The van der Waals surface area contributed by atoms with Crippen LogP contribution in [-0.2, 0) is 60.2 Å². The molecule has 0 spiro atoms. The van der Waals surface area contributed by atoms with Crippen molar-refractivity contribution >= 4 is 124 Å². The molecule has 0 aliphatic carbocycles. The quantitative estimate of drug-likeness (QED) is 0.0399. The fourth-order valence-electron chi connectivity index (χ4n) is 6.89. The van der Waals surface area contributed by atoms with E-state index in [-0.39, 0.29) is 22.1 Å². The highest BCUT2D eigenvalue weighted by atomic mass is 32.2. The first-order valence-corrected chi connectivity index (χ1v) is 27.5. The zero-order chi connectivity index (χ0) is 55.9. The number of carbonyl (C=O) groups excluding carboxylic acids is 1. The summed E-state index contributed by atoms with van der Waals surface area (Å²) in [5.41, 5.74) is -3.72. The molecule has 1 amide bonds. The summed E-state index contributed by atoms with van der Waals surface area (Å²) in [6, 6.07) is 10.4. The number of hydrogen-bond acceptors (Lipinski definition) is 24. The van der Waals surface area contributed by atoms with E-state index in [0.29, 0.717) is 29.3 Å². The van der Waals surface area contributed by atoms with Crippen molar-refractivity contribution in [2.45, 2.75) is 30.5 Å². The molecule has 76 heavy (non-hydrogen) atoms. The number of fused-ring (bicyclic) bond motifs is 2. The summed E-state index contributed by atoms with van der Waals surface area (Å²) in [4.78, 5) is 20.3. The number of hydrogen-bond donors (Lipinski definition) is 9. The molecule has 6 aromatic rings. The van der Waals surface area contributed by atoms with Crippen LogP contribution in [0.1, 0.15) is 0 Å². The lowest BCUT2D eigenvalue weighted by molar-refractivity contribution is -0.130. The van der Waals surface area contributed by atoms with Gasteiger partial charge in [0.05, 0.1) is 34.4 Å². The number of carbonyl (C=O) groups is 2. The Morgan fingerprint density at radius 3 is 1.62 bits per heavy atom. The minimum absolute atomic E-state index is 0.116. The number of nitrogens with zero attached hydrogens (tertiary/aromatic N) is 8. The Morgan fingerprint density at radius 2 is 1.09 bits per heavy atom. The Labute approximate surface area is 426 Å². The number of aromatic hydroxyl groups is 1. The van der Waals surface area contributed by atoms with E-state index in [0.717, 1.165) is 54.6 Å². The molecular formula is C40H32N8O23S5.